The van der Waals surface area contributed by atoms with Gasteiger partial charge in [-0.2, -0.15) is 0 Å². The number of ether oxygens (including phenoxy) is 2. The first-order valence-electron chi connectivity index (χ1n) is 10.8. The zero-order valence-corrected chi connectivity index (χ0v) is 17.9. The number of fused-ring (bicyclic) bond motifs is 1. The van der Waals surface area contributed by atoms with Crippen molar-refractivity contribution in [3.8, 4) is 11.5 Å². The van der Waals surface area contributed by atoms with Gasteiger partial charge >= 0.3 is 0 Å². The molecule has 1 saturated heterocycles. The van der Waals surface area contributed by atoms with Gasteiger partial charge in [-0.05, 0) is 71.6 Å². The number of piperidine rings is 1. The van der Waals surface area contributed by atoms with Crippen LogP contribution in [-0.4, -0.2) is 59.8 Å². The van der Waals surface area contributed by atoms with Crippen LogP contribution in [0.3, 0.4) is 0 Å². The first kappa shape index (κ1) is 21.5. The minimum Gasteiger partial charge on any atom is -0.493 e. The highest BCUT2D eigenvalue weighted by atomic mass is 16.6. The summed E-state index contributed by atoms with van der Waals surface area (Å²) in [5, 5.41) is 21.5. The SMILES string of the molecule is COc1ccc(CNCc2ccc3nonc3c2)cc1OCC(O)CN1CCCCC1. The Morgan fingerprint density at radius 1 is 1.00 bits per heavy atom. The summed E-state index contributed by atoms with van der Waals surface area (Å²) in [6.45, 7) is 4.37. The van der Waals surface area contributed by atoms with Gasteiger partial charge in [0.1, 0.15) is 23.7 Å². The van der Waals surface area contributed by atoms with E-state index in [4.69, 9.17) is 14.1 Å². The normalized spacial score (nSPS) is 15.8. The van der Waals surface area contributed by atoms with Crippen LogP contribution in [0.4, 0.5) is 0 Å². The molecule has 3 aromatic rings. The van der Waals surface area contributed by atoms with Crippen LogP contribution in [-0.2, 0) is 13.1 Å². The number of methoxy groups -OCH3 is 1. The van der Waals surface area contributed by atoms with Crippen molar-refractivity contribution >= 4 is 11.0 Å². The molecule has 2 heterocycles. The number of hydrogen-bond donors (Lipinski definition) is 2. The molecule has 1 aromatic heterocycles. The predicted molar refractivity (Wildman–Crippen MR) is 117 cm³/mol. The second-order valence-corrected chi connectivity index (χ2v) is 8.00. The summed E-state index contributed by atoms with van der Waals surface area (Å²) in [4.78, 5) is 2.31. The third-order valence-electron chi connectivity index (χ3n) is 5.55. The summed E-state index contributed by atoms with van der Waals surface area (Å²) in [6.07, 6.45) is 3.18. The van der Waals surface area contributed by atoms with Crippen LogP contribution in [0.2, 0.25) is 0 Å². The first-order chi connectivity index (χ1) is 15.2. The first-order valence-corrected chi connectivity index (χ1v) is 10.8. The van der Waals surface area contributed by atoms with Crippen LogP contribution in [0.25, 0.3) is 11.0 Å². The molecule has 31 heavy (non-hydrogen) atoms. The predicted octanol–water partition coefficient (Wildman–Crippen LogP) is 2.75. The number of rotatable bonds is 10. The van der Waals surface area contributed by atoms with E-state index in [0.29, 0.717) is 31.1 Å². The van der Waals surface area contributed by atoms with Crippen molar-refractivity contribution < 1.29 is 19.2 Å². The molecule has 1 aliphatic rings. The van der Waals surface area contributed by atoms with Crippen LogP contribution >= 0.6 is 0 Å². The number of aliphatic hydroxyl groups excluding tert-OH is 1. The number of aromatic nitrogens is 2. The van der Waals surface area contributed by atoms with Crippen molar-refractivity contribution in [2.24, 2.45) is 0 Å². The fourth-order valence-corrected chi connectivity index (χ4v) is 3.91. The van der Waals surface area contributed by atoms with Crippen LogP contribution in [0, 0.1) is 0 Å². The molecule has 0 saturated carbocycles. The maximum absolute atomic E-state index is 10.4. The fraction of sp³-hybridized carbons (Fsp3) is 0.478. The van der Waals surface area contributed by atoms with E-state index >= 15 is 0 Å². The van der Waals surface area contributed by atoms with Gasteiger partial charge in [0.25, 0.3) is 0 Å². The zero-order valence-electron chi connectivity index (χ0n) is 17.9. The lowest BCUT2D eigenvalue weighted by molar-refractivity contribution is 0.0608. The lowest BCUT2D eigenvalue weighted by Gasteiger charge is -2.28. The van der Waals surface area contributed by atoms with Gasteiger partial charge in [0.15, 0.2) is 11.5 Å². The van der Waals surface area contributed by atoms with E-state index in [-0.39, 0.29) is 6.61 Å². The molecule has 166 valence electrons. The standard InChI is InChI=1S/C23H30N4O4/c1-29-22-8-6-18(14-24-13-17-5-7-20-21(11-17)26-31-25-20)12-23(22)30-16-19(28)15-27-9-3-2-4-10-27/h5-8,11-12,19,24,28H,2-4,9-10,13-16H2,1H3. The van der Waals surface area contributed by atoms with Crippen LogP contribution in [0.5, 0.6) is 11.5 Å². The second kappa shape index (κ2) is 10.6. The van der Waals surface area contributed by atoms with Gasteiger partial charge < -0.3 is 24.8 Å². The quantitative estimate of drug-likeness (QED) is 0.511. The molecule has 8 nitrogen and oxygen atoms in total. The van der Waals surface area contributed by atoms with Gasteiger partial charge in [0.2, 0.25) is 0 Å². The average molecular weight is 427 g/mol. The molecule has 0 spiro atoms. The Morgan fingerprint density at radius 3 is 2.55 bits per heavy atom. The second-order valence-electron chi connectivity index (χ2n) is 8.00. The number of hydrogen-bond acceptors (Lipinski definition) is 8. The molecule has 1 unspecified atom stereocenters. The fourth-order valence-electron chi connectivity index (χ4n) is 3.91. The summed E-state index contributed by atoms with van der Waals surface area (Å²) in [5.41, 5.74) is 3.69. The number of nitrogens with one attached hydrogen (secondary N) is 1. The molecule has 0 radical (unpaired) electrons. The third-order valence-corrected chi connectivity index (χ3v) is 5.55. The number of likely N-dealkylation sites (tertiary alicyclic amines) is 1. The molecular formula is C23H30N4O4. The molecule has 0 aliphatic carbocycles. The third kappa shape index (κ3) is 5.94. The highest BCUT2D eigenvalue weighted by Gasteiger charge is 2.16. The van der Waals surface area contributed by atoms with Gasteiger partial charge in [-0.3, -0.25) is 0 Å². The smallest absolute Gasteiger partial charge is 0.161 e. The van der Waals surface area contributed by atoms with E-state index in [2.05, 4.69) is 20.5 Å². The summed E-state index contributed by atoms with van der Waals surface area (Å²) >= 11 is 0. The van der Waals surface area contributed by atoms with Crippen molar-refractivity contribution in [1.82, 2.24) is 20.5 Å². The Kier molecular flexibility index (Phi) is 7.35. The molecular weight excluding hydrogens is 396 g/mol. The maximum atomic E-state index is 10.4. The molecule has 0 amide bonds. The van der Waals surface area contributed by atoms with Crippen molar-refractivity contribution in [3.05, 3.63) is 47.5 Å². The summed E-state index contributed by atoms with van der Waals surface area (Å²) < 4.78 is 16.1. The number of β-amino-alcohol motifs (C(OH)–C–C–N with tert-alkyl or cyclic N) is 1. The molecule has 2 aromatic carbocycles. The van der Waals surface area contributed by atoms with Gasteiger partial charge in [0, 0.05) is 19.6 Å². The molecule has 0 bridgehead atoms. The molecule has 1 atom stereocenters. The topological polar surface area (TPSA) is 92.9 Å². The van der Waals surface area contributed by atoms with Gasteiger partial charge in [0.05, 0.1) is 7.11 Å². The van der Waals surface area contributed by atoms with Crippen molar-refractivity contribution in [2.75, 3.05) is 33.4 Å². The highest BCUT2D eigenvalue weighted by molar-refractivity contribution is 5.73. The largest absolute Gasteiger partial charge is 0.493 e. The monoisotopic (exact) mass is 426 g/mol. The Labute approximate surface area is 182 Å². The molecule has 4 rings (SSSR count). The number of nitrogens with zero attached hydrogens (tertiary/aromatic N) is 3. The average Bonchev–Trinajstić information content (AvgIpc) is 3.26. The lowest BCUT2D eigenvalue weighted by Crippen LogP contribution is -2.38. The maximum Gasteiger partial charge on any atom is 0.161 e. The molecule has 8 heteroatoms. The minimum atomic E-state index is -0.523. The van der Waals surface area contributed by atoms with Gasteiger partial charge in [-0.25, -0.2) is 4.63 Å². The minimum absolute atomic E-state index is 0.246. The van der Waals surface area contributed by atoms with E-state index in [9.17, 15) is 5.11 Å². The van der Waals surface area contributed by atoms with Crippen LogP contribution in [0.15, 0.2) is 41.0 Å². The summed E-state index contributed by atoms with van der Waals surface area (Å²) in [6, 6.07) is 11.7. The Bertz CT molecular complexity index is 971. The zero-order chi connectivity index (χ0) is 21.5. The molecule has 1 aliphatic heterocycles. The number of aliphatic hydroxyl groups is 1. The Hall–Kier alpha value is -2.68. The summed E-state index contributed by atoms with van der Waals surface area (Å²) in [5.74, 6) is 1.31. The van der Waals surface area contributed by atoms with E-state index in [1.807, 2.05) is 36.4 Å². The lowest BCUT2D eigenvalue weighted by atomic mass is 10.1. The van der Waals surface area contributed by atoms with E-state index in [1.165, 1.54) is 19.3 Å². The number of benzene rings is 2. The van der Waals surface area contributed by atoms with E-state index in [1.54, 1.807) is 7.11 Å². The Balaban J connectivity index is 1.29. The van der Waals surface area contributed by atoms with Crippen molar-refractivity contribution in [3.63, 3.8) is 0 Å². The van der Waals surface area contributed by atoms with E-state index < -0.39 is 6.10 Å². The molecule has 2 N–H and O–H groups in total. The van der Waals surface area contributed by atoms with Crippen molar-refractivity contribution in [2.45, 2.75) is 38.5 Å². The molecule has 1 fully saturated rings. The van der Waals surface area contributed by atoms with Gasteiger partial charge in [-0.15, -0.1) is 0 Å². The van der Waals surface area contributed by atoms with Crippen molar-refractivity contribution in [1.29, 1.82) is 0 Å². The van der Waals surface area contributed by atoms with Gasteiger partial charge in [-0.1, -0.05) is 18.6 Å². The Morgan fingerprint density at radius 2 is 1.74 bits per heavy atom. The van der Waals surface area contributed by atoms with E-state index in [0.717, 1.165) is 35.2 Å². The van der Waals surface area contributed by atoms with Crippen LogP contribution < -0.4 is 14.8 Å². The van der Waals surface area contributed by atoms with Crippen LogP contribution in [0.1, 0.15) is 30.4 Å². The summed E-state index contributed by atoms with van der Waals surface area (Å²) in [7, 11) is 1.62. The highest BCUT2D eigenvalue weighted by Crippen LogP contribution is 2.28.